The molecule has 0 saturated carbocycles. The van der Waals surface area contributed by atoms with E-state index in [1.165, 1.54) is 5.56 Å². The van der Waals surface area contributed by atoms with Gasteiger partial charge in [0.25, 0.3) is 5.91 Å². The molecule has 0 radical (unpaired) electrons. The van der Waals surface area contributed by atoms with Gasteiger partial charge in [0, 0.05) is 17.3 Å². The van der Waals surface area contributed by atoms with Gasteiger partial charge in [-0.1, -0.05) is 45.0 Å². The first kappa shape index (κ1) is 34.1. The molecule has 0 aliphatic rings. The third-order valence-electron chi connectivity index (χ3n) is 7.53. The normalized spacial score (nSPS) is 11.7. The van der Waals surface area contributed by atoms with E-state index in [9.17, 15) is 24.3 Å². The van der Waals surface area contributed by atoms with E-state index in [1.54, 1.807) is 60.8 Å². The number of fused-ring (bicyclic) bond motifs is 1. The zero-order valence-electron chi connectivity index (χ0n) is 27.1. The smallest absolute Gasteiger partial charge is 0.312 e. The van der Waals surface area contributed by atoms with Crippen LogP contribution in [-0.2, 0) is 19.8 Å². The number of pyridine rings is 1. The largest absolute Gasteiger partial charge is 0.481 e. The van der Waals surface area contributed by atoms with Crippen LogP contribution >= 0.6 is 0 Å². The van der Waals surface area contributed by atoms with Crippen LogP contribution in [0.4, 0.5) is 5.69 Å². The van der Waals surface area contributed by atoms with Crippen LogP contribution in [0, 0.1) is 0 Å². The minimum Gasteiger partial charge on any atom is -0.481 e. The number of anilines is 1. The van der Waals surface area contributed by atoms with Crippen LogP contribution in [0.1, 0.15) is 61.3 Å². The molecule has 4 aromatic carbocycles. The van der Waals surface area contributed by atoms with Crippen LogP contribution in [0.5, 0.6) is 23.0 Å². The molecule has 11 nitrogen and oxygen atoms in total. The molecule has 0 fully saturated rings. The molecule has 0 saturated heterocycles. The highest BCUT2D eigenvalue weighted by atomic mass is 16.5. The Kier molecular flexibility index (Phi) is 10.2. The van der Waals surface area contributed by atoms with Crippen LogP contribution in [0.2, 0.25) is 0 Å². The summed E-state index contributed by atoms with van der Waals surface area (Å²) in [4.78, 5) is 51.7. The molecule has 250 valence electrons. The van der Waals surface area contributed by atoms with Crippen LogP contribution in [0.25, 0.3) is 10.8 Å². The molecule has 0 bridgehead atoms. The summed E-state index contributed by atoms with van der Waals surface area (Å²) in [7, 11) is 0. The number of hydrogen-bond acceptors (Lipinski definition) is 7. The van der Waals surface area contributed by atoms with E-state index < -0.39 is 36.2 Å². The topological polar surface area (TPSA) is 164 Å². The average molecular weight is 662 g/mol. The number of carboxylic acids is 2. The number of amides is 2. The maximum Gasteiger partial charge on any atom is 0.312 e. The van der Waals surface area contributed by atoms with Crippen molar-refractivity contribution in [2.75, 3.05) is 5.32 Å². The molecule has 11 heteroatoms. The number of aromatic nitrogens is 1. The minimum absolute atomic E-state index is 0.0257. The first-order chi connectivity index (χ1) is 23.3. The molecule has 5 aromatic rings. The predicted molar refractivity (Wildman–Crippen MR) is 183 cm³/mol. The fourth-order valence-corrected chi connectivity index (χ4v) is 4.98. The predicted octanol–water partition coefficient (Wildman–Crippen LogP) is 7.48. The van der Waals surface area contributed by atoms with Crippen molar-refractivity contribution in [1.82, 2.24) is 10.3 Å². The van der Waals surface area contributed by atoms with E-state index in [4.69, 9.17) is 14.6 Å². The van der Waals surface area contributed by atoms with Gasteiger partial charge in [0.15, 0.2) is 0 Å². The summed E-state index contributed by atoms with van der Waals surface area (Å²) in [5, 5.41) is 25.1. The molecular weight excluding hydrogens is 626 g/mol. The molecule has 4 N–H and O–H groups in total. The van der Waals surface area contributed by atoms with E-state index in [2.05, 4.69) is 36.4 Å². The fourth-order valence-electron chi connectivity index (χ4n) is 4.98. The number of carboxylic acid groups (broad SMARTS) is 2. The number of carbonyl (C=O) groups excluding carboxylic acids is 2. The minimum atomic E-state index is -1.23. The number of benzene rings is 4. The Balaban J connectivity index is 1.25. The van der Waals surface area contributed by atoms with Gasteiger partial charge in [-0.25, -0.2) is 0 Å². The standard InChI is InChI=1S/C38H35N3O8/c1-38(2,3)26-7-14-29(15-8-26)49-31-13-6-24-22-39-33(19-25(24)18-31)37(47)41-32(20-35(43)44)23-4-11-28(12-5-23)48-30-16-9-27(10-17-30)40-34(42)21-36(45)46/h4-19,22,32H,20-21H2,1-3H3,(H,40,42)(H,41,47)(H,43,44)(H,45,46). The van der Waals surface area contributed by atoms with Crippen LogP contribution in [-0.4, -0.2) is 39.0 Å². The Morgan fingerprint density at radius 2 is 1.29 bits per heavy atom. The molecule has 0 aliphatic carbocycles. The number of rotatable bonds is 12. The van der Waals surface area contributed by atoms with Gasteiger partial charge in [0.2, 0.25) is 5.91 Å². The molecule has 5 rings (SSSR count). The Morgan fingerprint density at radius 1 is 0.714 bits per heavy atom. The average Bonchev–Trinajstić information content (AvgIpc) is 3.04. The molecule has 2 amide bonds. The maximum atomic E-state index is 13.3. The highest BCUT2D eigenvalue weighted by molar-refractivity contribution is 6.01. The number of nitrogens with zero attached hydrogens (tertiary/aromatic N) is 1. The van der Waals surface area contributed by atoms with E-state index in [1.807, 2.05) is 42.5 Å². The summed E-state index contributed by atoms with van der Waals surface area (Å²) >= 11 is 0. The van der Waals surface area contributed by atoms with Gasteiger partial charge in [-0.15, -0.1) is 0 Å². The van der Waals surface area contributed by atoms with Crippen molar-refractivity contribution in [3.05, 3.63) is 120 Å². The summed E-state index contributed by atoms with van der Waals surface area (Å²) in [6.45, 7) is 6.44. The Morgan fingerprint density at radius 3 is 1.88 bits per heavy atom. The first-order valence-corrected chi connectivity index (χ1v) is 15.4. The van der Waals surface area contributed by atoms with Gasteiger partial charge in [-0.3, -0.25) is 24.2 Å². The number of nitrogens with one attached hydrogen (secondary N) is 2. The molecule has 49 heavy (non-hydrogen) atoms. The third kappa shape index (κ3) is 9.41. The SMILES string of the molecule is CC(C)(C)c1ccc(Oc2ccc3cnc(C(=O)NC(CC(=O)O)c4ccc(Oc5ccc(NC(=O)CC(=O)O)cc5)cc4)cc3c2)cc1. The Labute approximate surface area is 282 Å². The summed E-state index contributed by atoms with van der Waals surface area (Å²) in [6.07, 6.45) is 0.582. The van der Waals surface area contributed by atoms with Crippen molar-refractivity contribution in [2.24, 2.45) is 0 Å². The van der Waals surface area contributed by atoms with Gasteiger partial charge >= 0.3 is 11.9 Å². The van der Waals surface area contributed by atoms with Crippen molar-refractivity contribution in [1.29, 1.82) is 0 Å². The summed E-state index contributed by atoms with van der Waals surface area (Å²) < 4.78 is 11.9. The van der Waals surface area contributed by atoms with Crippen molar-refractivity contribution in [3.8, 4) is 23.0 Å². The second-order valence-corrected chi connectivity index (χ2v) is 12.4. The fraction of sp³-hybridized carbons (Fsp3) is 0.184. The van der Waals surface area contributed by atoms with E-state index in [0.29, 0.717) is 34.2 Å². The first-order valence-electron chi connectivity index (χ1n) is 15.4. The van der Waals surface area contributed by atoms with Crippen molar-refractivity contribution in [2.45, 2.75) is 45.1 Å². The Bertz CT molecular complexity index is 1980. The lowest BCUT2D eigenvalue weighted by atomic mass is 9.87. The van der Waals surface area contributed by atoms with Crippen molar-refractivity contribution in [3.63, 3.8) is 0 Å². The number of ether oxygens (including phenoxy) is 2. The summed E-state index contributed by atoms with van der Waals surface area (Å²) in [6, 6.07) is 27.2. The molecule has 1 atom stereocenters. The zero-order valence-corrected chi connectivity index (χ0v) is 27.1. The van der Waals surface area contributed by atoms with Gasteiger partial charge < -0.3 is 30.3 Å². The van der Waals surface area contributed by atoms with E-state index in [0.717, 1.165) is 10.8 Å². The number of aliphatic carboxylic acids is 2. The highest BCUT2D eigenvalue weighted by Crippen LogP contribution is 2.30. The highest BCUT2D eigenvalue weighted by Gasteiger charge is 2.21. The lowest BCUT2D eigenvalue weighted by Gasteiger charge is -2.19. The summed E-state index contributed by atoms with van der Waals surface area (Å²) in [5.41, 5.74) is 2.31. The van der Waals surface area contributed by atoms with E-state index >= 15 is 0 Å². The monoisotopic (exact) mass is 661 g/mol. The number of hydrogen-bond donors (Lipinski definition) is 4. The lowest BCUT2D eigenvalue weighted by molar-refractivity contribution is -0.140. The zero-order chi connectivity index (χ0) is 35.1. The number of carbonyl (C=O) groups is 4. The quantitative estimate of drug-likeness (QED) is 0.0993. The van der Waals surface area contributed by atoms with Gasteiger partial charge in [-0.05, 0) is 94.7 Å². The second kappa shape index (κ2) is 14.7. The van der Waals surface area contributed by atoms with Gasteiger partial charge in [0.05, 0.1) is 12.5 Å². The van der Waals surface area contributed by atoms with E-state index in [-0.39, 0.29) is 17.5 Å². The lowest BCUT2D eigenvalue weighted by Crippen LogP contribution is -2.30. The molecule has 0 aliphatic heterocycles. The molecule has 1 unspecified atom stereocenters. The van der Waals surface area contributed by atoms with Gasteiger partial charge in [-0.2, -0.15) is 0 Å². The summed E-state index contributed by atoms with van der Waals surface area (Å²) in [5.74, 6) is -1.32. The van der Waals surface area contributed by atoms with Crippen LogP contribution < -0.4 is 20.1 Å². The molecular formula is C38H35N3O8. The Hall–Kier alpha value is -6.23. The third-order valence-corrected chi connectivity index (χ3v) is 7.53. The molecule has 1 aromatic heterocycles. The van der Waals surface area contributed by atoms with Crippen molar-refractivity contribution < 1.29 is 38.9 Å². The second-order valence-electron chi connectivity index (χ2n) is 12.4. The van der Waals surface area contributed by atoms with Crippen molar-refractivity contribution >= 4 is 40.2 Å². The maximum absolute atomic E-state index is 13.3. The van der Waals surface area contributed by atoms with Crippen LogP contribution in [0.3, 0.4) is 0 Å². The van der Waals surface area contributed by atoms with Crippen LogP contribution in [0.15, 0.2) is 103 Å². The molecule has 1 heterocycles. The van der Waals surface area contributed by atoms with Gasteiger partial charge in [0.1, 0.15) is 35.1 Å². The molecule has 0 spiro atoms.